The fraction of sp³-hybridized carbons (Fsp3) is 0.176. The first-order valence-electron chi connectivity index (χ1n) is 8.29. The van der Waals surface area contributed by atoms with Gasteiger partial charge in [0.25, 0.3) is 0 Å². The summed E-state index contributed by atoms with van der Waals surface area (Å²) in [5, 5.41) is 20.3. The second-order valence-corrected chi connectivity index (χ2v) is 6.70. The molecule has 0 aromatic heterocycles. The van der Waals surface area contributed by atoms with Crippen molar-refractivity contribution in [3.63, 3.8) is 0 Å². The zero-order chi connectivity index (χ0) is 21.0. The summed E-state index contributed by atoms with van der Waals surface area (Å²) >= 11 is 12.3. The van der Waals surface area contributed by atoms with Crippen LogP contribution in [-0.4, -0.2) is 45.8 Å². The second-order valence-electron chi connectivity index (χ2n) is 5.89. The van der Waals surface area contributed by atoms with Gasteiger partial charge in [-0.15, -0.1) is 0 Å². The molecule has 0 bridgehead atoms. The quantitative estimate of drug-likeness (QED) is 0.410. The van der Waals surface area contributed by atoms with Gasteiger partial charge in [0, 0.05) is 18.8 Å². The average Bonchev–Trinajstić information content (AvgIpc) is 3.12. The molecule has 0 aliphatic carbocycles. The molecule has 10 nitrogen and oxygen atoms in total. The number of hydrogen-bond acceptors (Lipinski definition) is 8. The molecular weight excluding hydrogens is 425 g/mol. The Balaban J connectivity index is 1.75. The number of amides is 1. The van der Waals surface area contributed by atoms with Gasteiger partial charge in [-0.3, -0.25) is 10.4 Å². The SMILES string of the molecule is Nc1cc(Cl)c(/N=C2\NCCN2C(=O)Oc2cccc(CON(O)O)c2)c(Cl)c1. The predicted molar refractivity (Wildman–Crippen MR) is 105 cm³/mol. The summed E-state index contributed by atoms with van der Waals surface area (Å²) in [5.74, 6) is 0.479. The molecule has 0 spiro atoms. The van der Waals surface area contributed by atoms with Gasteiger partial charge in [-0.25, -0.2) is 19.5 Å². The van der Waals surface area contributed by atoms with Crippen LogP contribution in [0.25, 0.3) is 0 Å². The van der Waals surface area contributed by atoms with Crippen molar-refractivity contribution in [3.8, 4) is 5.75 Å². The van der Waals surface area contributed by atoms with Crippen LogP contribution >= 0.6 is 23.2 Å². The fourth-order valence-corrected chi connectivity index (χ4v) is 3.13. The van der Waals surface area contributed by atoms with Gasteiger partial charge in [0.1, 0.15) is 11.4 Å². The largest absolute Gasteiger partial charge is 0.422 e. The number of benzene rings is 2. The molecule has 1 aliphatic heterocycles. The Morgan fingerprint density at radius 3 is 2.69 bits per heavy atom. The van der Waals surface area contributed by atoms with Crippen molar-refractivity contribution in [1.29, 1.82) is 0 Å². The molecule has 5 N–H and O–H groups in total. The van der Waals surface area contributed by atoms with E-state index < -0.39 is 11.5 Å². The number of guanidine groups is 1. The Bertz CT molecular complexity index is 917. The monoisotopic (exact) mass is 441 g/mol. The number of carbonyl (C=O) groups is 1. The molecule has 1 fully saturated rings. The third-order valence-corrected chi connectivity index (χ3v) is 4.38. The molecule has 0 radical (unpaired) electrons. The maximum atomic E-state index is 12.6. The van der Waals surface area contributed by atoms with Gasteiger partial charge in [0.2, 0.25) is 5.96 Å². The summed E-state index contributed by atoms with van der Waals surface area (Å²) in [6.45, 7) is 0.661. The minimum atomic E-state index is -0.666. The number of nitrogens with two attached hydrogens (primary N) is 1. The molecular formula is C17H17Cl2N5O5. The third kappa shape index (κ3) is 5.48. The van der Waals surface area contributed by atoms with E-state index in [9.17, 15) is 4.79 Å². The van der Waals surface area contributed by atoms with E-state index in [0.717, 1.165) is 0 Å². The number of anilines is 1. The highest BCUT2D eigenvalue weighted by Crippen LogP contribution is 2.35. The maximum Gasteiger partial charge on any atom is 0.422 e. The minimum absolute atomic E-state index is 0.134. The predicted octanol–water partition coefficient (Wildman–Crippen LogP) is 3.18. The molecule has 1 amide bonds. The number of halogens is 2. The number of carbonyl (C=O) groups excluding carboxylic acids is 1. The van der Waals surface area contributed by atoms with Crippen LogP contribution in [0.3, 0.4) is 0 Å². The zero-order valence-corrected chi connectivity index (χ0v) is 16.4. The topological polar surface area (TPSA) is 133 Å². The Morgan fingerprint density at radius 1 is 1.28 bits per heavy atom. The van der Waals surface area contributed by atoms with Crippen LogP contribution < -0.4 is 15.8 Å². The van der Waals surface area contributed by atoms with E-state index in [2.05, 4.69) is 15.1 Å². The van der Waals surface area contributed by atoms with Crippen molar-refractivity contribution >= 4 is 46.6 Å². The molecule has 29 heavy (non-hydrogen) atoms. The Kier molecular flexibility index (Phi) is 6.75. The molecule has 1 saturated heterocycles. The highest BCUT2D eigenvalue weighted by Gasteiger charge is 2.27. The molecule has 12 heteroatoms. The second kappa shape index (κ2) is 9.27. The lowest BCUT2D eigenvalue weighted by atomic mass is 10.2. The first-order chi connectivity index (χ1) is 13.8. The number of nitrogen functional groups attached to an aromatic ring is 1. The van der Waals surface area contributed by atoms with Crippen molar-refractivity contribution in [1.82, 2.24) is 15.6 Å². The molecule has 1 aliphatic rings. The normalized spacial score (nSPS) is 15.1. The lowest BCUT2D eigenvalue weighted by Gasteiger charge is -2.16. The van der Waals surface area contributed by atoms with Crippen LogP contribution in [0.4, 0.5) is 16.2 Å². The van der Waals surface area contributed by atoms with E-state index in [1.165, 1.54) is 23.1 Å². The molecule has 2 aromatic carbocycles. The number of aliphatic imine (C=N–C) groups is 1. The third-order valence-electron chi connectivity index (χ3n) is 3.80. The van der Waals surface area contributed by atoms with Gasteiger partial charge >= 0.3 is 6.09 Å². The summed E-state index contributed by atoms with van der Waals surface area (Å²) in [6.07, 6.45) is -0.666. The van der Waals surface area contributed by atoms with Crippen molar-refractivity contribution in [2.45, 2.75) is 6.61 Å². The van der Waals surface area contributed by atoms with E-state index in [0.29, 0.717) is 24.3 Å². The van der Waals surface area contributed by atoms with Crippen LogP contribution in [0.1, 0.15) is 5.56 Å². The van der Waals surface area contributed by atoms with Crippen LogP contribution in [0.5, 0.6) is 5.75 Å². The minimum Gasteiger partial charge on any atom is -0.410 e. The summed E-state index contributed by atoms with van der Waals surface area (Å²) < 4.78 is 5.38. The van der Waals surface area contributed by atoms with Crippen LogP contribution in [-0.2, 0) is 11.4 Å². The zero-order valence-electron chi connectivity index (χ0n) is 14.9. The van der Waals surface area contributed by atoms with E-state index in [4.69, 9.17) is 44.1 Å². The lowest BCUT2D eigenvalue weighted by Crippen LogP contribution is -2.37. The molecule has 0 saturated carbocycles. The molecule has 1 heterocycles. The number of hydrogen-bond donors (Lipinski definition) is 4. The molecule has 0 atom stereocenters. The van der Waals surface area contributed by atoms with Crippen molar-refractivity contribution in [2.75, 3.05) is 18.8 Å². The standard InChI is InChI=1S/C17H17Cl2N5O5/c18-13-7-11(20)8-14(19)15(13)22-16-21-4-5-23(16)17(25)29-12-3-1-2-10(6-12)9-28-24(26)27/h1-3,6-8,26-27H,4-5,9,20H2,(H,21,22). The Labute approximate surface area is 175 Å². The van der Waals surface area contributed by atoms with Crippen molar-refractivity contribution < 1.29 is 24.8 Å². The molecule has 154 valence electrons. The van der Waals surface area contributed by atoms with Gasteiger partial charge < -0.3 is 15.8 Å². The van der Waals surface area contributed by atoms with Gasteiger partial charge in [-0.05, 0) is 29.8 Å². The Hall–Kier alpha value is -2.60. The number of nitrogens with zero attached hydrogens (tertiary/aromatic N) is 3. The number of ether oxygens (including phenoxy) is 1. The van der Waals surface area contributed by atoms with Crippen molar-refractivity contribution in [2.24, 2.45) is 4.99 Å². The number of rotatable bonds is 5. The first kappa shape index (κ1) is 21.1. The van der Waals surface area contributed by atoms with E-state index in [1.54, 1.807) is 18.2 Å². The van der Waals surface area contributed by atoms with Crippen LogP contribution in [0, 0.1) is 0 Å². The van der Waals surface area contributed by atoms with Gasteiger partial charge in [-0.2, -0.15) is 0 Å². The van der Waals surface area contributed by atoms with Gasteiger partial charge in [0.15, 0.2) is 0 Å². The highest BCUT2D eigenvalue weighted by molar-refractivity contribution is 6.39. The highest BCUT2D eigenvalue weighted by atomic mass is 35.5. The van der Waals surface area contributed by atoms with E-state index in [-0.39, 0.29) is 34.0 Å². The Morgan fingerprint density at radius 2 is 2.00 bits per heavy atom. The summed E-state index contributed by atoms with van der Waals surface area (Å²) in [5.41, 5.74) is 6.92. The number of nitrogens with one attached hydrogen (secondary N) is 1. The molecule has 3 rings (SSSR count). The van der Waals surface area contributed by atoms with Crippen LogP contribution in [0.2, 0.25) is 10.0 Å². The maximum absolute atomic E-state index is 12.6. The molecule has 2 aromatic rings. The lowest BCUT2D eigenvalue weighted by molar-refractivity contribution is -0.497. The first-order valence-corrected chi connectivity index (χ1v) is 9.05. The fourth-order valence-electron chi connectivity index (χ4n) is 2.54. The van der Waals surface area contributed by atoms with Gasteiger partial charge in [0.05, 0.1) is 22.0 Å². The van der Waals surface area contributed by atoms with E-state index in [1.807, 2.05) is 0 Å². The smallest absolute Gasteiger partial charge is 0.410 e. The average molecular weight is 442 g/mol. The summed E-state index contributed by atoms with van der Waals surface area (Å²) in [7, 11) is 0. The van der Waals surface area contributed by atoms with Crippen LogP contribution in [0.15, 0.2) is 41.4 Å². The molecule has 0 unspecified atom stereocenters. The summed E-state index contributed by atoms with van der Waals surface area (Å²) in [6, 6.07) is 9.41. The van der Waals surface area contributed by atoms with Crippen molar-refractivity contribution in [3.05, 3.63) is 52.0 Å². The van der Waals surface area contributed by atoms with Gasteiger partial charge in [-0.1, -0.05) is 35.3 Å². The van der Waals surface area contributed by atoms with E-state index >= 15 is 0 Å². The summed E-state index contributed by atoms with van der Waals surface area (Å²) in [4.78, 5) is 22.8.